The van der Waals surface area contributed by atoms with Crippen LogP contribution in [0.3, 0.4) is 0 Å². The van der Waals surface area contributed by atoms with Gasteiger partial charge in [0.2, 0.25) is 0 Å². The van der Waals surface area contributed by atoms with E-state index in [1.54, 1.807) is 6.07 Å². The molecule has 198 valence electrons. The second-order valence-electron chi connectivity index (χ2n) is 10.5. The molecular weight excluding hydrogens is 504 g/mol. The lowest BCUT2D eigenvalue weighted by molar-refractivity contribution is 0.296. The number of anilines is 2. The van der Waals surface area contributed by atoms with Crippen LogP contribution in [0.25, 0.3) is 0 Å². The van der Waals surface area contributed by atoms with Crippen molar-refractivity contribution in [3.63, 3.8) is 0 Å². The number of rotatable bonds is 7. The van der Waals surface area contributed by atoms with E-state index in [9.17, 15) is 8.42 Å². The summed E-state index contributed by atoms with van der Waals surface area (Å²) in [6.45, 7) is 4.41. The fourth-order valence-corrected chi connectivity index (χ4v) is 6.95. The average Bonchev–Trinajstić information content (AvgIpc) is 3.44. The van der Waals surface area contributed by atoms with Gasteiger partial charge in [0.05, 0.1) is 16.6 Å². The molecule has 0 saturated heterocycles. The SMILES string of the molecule is Cc1ccc(NS(=O)(=O)c2ccc3c(c2)C2C=CCC2C(c2ccccc2OCc2ccccc2)N3)c(C)c1. The molecule has 0 amide bonds. The molecule has 0 radical (unpaired) electrons. The van der Waals surface area contributed by atoms with Crippen LogP contribution in [0.1, 0.15) is 46.2 Å². The van der Waals surface area contributed by atoms with Crippen molar-refractivity contribution < 1.29 is 13.2 Å². The second kappa shape index (κ2) is 10.3. The first kappa shape index (κ1) is 25.3. The lowest BCUT2D eigenvalue weighted by Gasteiger charge is -2.38. The number of benzene rings is 4. The topological polar surface area (TPSA) is 67.4 Å². The van der Waals surface area contributed by atoms with Crippen LogP contribution < -0.4 is 14.8 Å². The molecule has 4 aromatic carbocycles. The van der Waals surface area contributed by atoms with E-state index in [2.05, 4.69) is 40.4 Å². The van der Waals surface area contributed by atoms with E-state index in [4.69, 9.17) is 4.74 Å². The maximum atomic E-state index is 13.4. The largest absolute Gasteiger partial charge is 0.489 e. The maximum Gasteiger partial charge on any atom is 0.261 e. The summed E-state index contributed by atoms with van der Waals surface area (Å²) in [6.07, 6.45) is 5.34. The van der Waals surface area contributed by atoms with Crippen molar-refractivity contribution in [3.05, 3.63) is 131 Å². The Labute approximate surface area is 230 Å². The fourth-order valence-electron chi connectivity index (χ4n) is 5.78. The Balaban J connectivity index is 1.29. The summed E-state index contributed by atoms with van der Waals surface area (Å²) in [5.41, 5.74) is 6.79. The quantitative estimate of drug-likeness (QED) is 0.240. The van der Waals surface area contributed by atoms with E-state index in [1.807, 2.05) is 80.6 Å². The fraction of sp³-hybridized carbons (Fsp3) is 0.212. The van der Waals surface area contributed by atoms with Gasteiger partial charge < -0.3 is 10.1 Å². The Morgan fingerprint density at radius 2 is 1.69 bits per heavy atom. The molecule has 5 nitrogen and oxygen atoms in total. The summed E-state index contributed by atoms with van der Waals surface area (Å²) in [4.78, 5) is 0.270. The number of fused-ring (bicyclic) bond motifs is 3. The van der Waals surface area contributed by atoms with Crippen LogP contribution in [0.2, 0.25) is 0 Å². The van der Waals surface area contributed by atoms with Crippen LogP contribution in [0.4, 0.5) is 11.4 Å². The highest BCUT2D eigenvalue weighted by atomic mass is 32.2. The van der Waals surface area contributed by atoms with Crippen molar-refractivity contribution in [1.82, 2.24) is 0 Å². The highest BCUT2D eigenvalue weighted by Gasteiger charge is 2.39. The van der Waals surface area contributed by atoms with Crippen molar-refractivity contribution in [3.8, 4) is 5.75 Å². The van der Waals surface area contributed by atoms with Crippen molar-refractivity contribution >= 4 is 21.4 Å². The van der Waals surface area contributed by atoms with Gasteiger partial charge in [-0.1, -0.05) is 78.4 Å². The van der Waals surface area contributed by atoms with Gasteiger partial charge >= 0.3 is 0 Å². The van der Waals surface area contributed by atoms with Crippen LogP contribution in [0.5, 0.6) is 5.75 Å². The summed E-state index contributed by atoms with van der Waals surface area (Å²) < 4.78 is 35.8. The first-order valence-electron chi connectivity index (χ1n) is 13.3. The molecule has 2 aliphatic rings. The Morgan fingerprint density at radius 3 is 2.51 bits per heavy atom. The predicted octanol–water partition coefficient (Wildman–Crippen LogP) is 7.51. The summed E-state index contributed by atoms with van der Waals surface area (Å²) in [7, 11) is -3.74. The molecule has 3 unspecified atom stereocenters. The van der Waals surface area contributed by atoms with Crippen molar-refractivity contribution in [1.29, 1.82) is 0 Å². The van der Waals surface area contributed by atoms with Crippen LogP contribution >= 0.6 is 0 Å². The van der Waals surface area contributed by atoms with Gasteiger partial charge in [0.1, 0.15) is 12.4 Å². The number of nitrogens with one attached hydrogen (secondary N) is 2. The molecular formula is C33H32N2O3S. The number of aryl methyl sites for hydroxylation is 2. The Bertz CT molecular complexity index is 1650. The van der Waals surface area contributed by atoms with E-state index in [-0.39, 0.29) is 22.8 Å². The zero-order chi connectivity index (χ0) is 27.0. The Morgan fingerprint density at radius 1 is 0.897 bits per heavy atom. The lowest BCUT2D eigenvalue weighted by Crippen LogP contribution is -2.29. The van der Waals surface area contributed by atoms with Crippen LogP contribution in [0, 0.1) is 19.8 Å². The molecule has 0 aromatic heterocycles. The molecule has 1 heterocycles. The minimum atomic E-state index is -3.74. The molecule has 3 atom stereocenters. The van der Waals surface area contributed by atoms with Gasteiger partial charge in [0, 0.05) is 17.2 Å². The van der Waals surface area contributed by atoms with Crippen LogP contribution in [-0.2, 0) is 16.6 Å². The minimum absolute atomic E-state index is 0.0419. The van der Waals surface area contributed by atoms with Gasteiger partial charge in [0.15, 0.2) is 0 Å². The van der Waals surface area contributed by atoms with Crippen molar-refractivity contribution in [2.75, 3.05) is 10.0 Å². The molecule has 0 bridgehead atoms. The van der Waals surface area contributed by atoms with Crippen LogP contribution in [0.15, 0.2) is 108 Å². The number of para-hydroxylation sites is 1. The van der Waals surface area contributed by atoms with Gasteiger partial charge in [0.25, 0.3) is 10.0 Å². The van der Waals surface area contributed by atoms with Gasteiger partial charge in [-0.2, -0.15) is 0 Å². The molecule has 2 N–H and O–H groups in total. The average molecular weight is 537 g/mol. The van der Waals surface area contributed by atoms with Gasteiger partial charge in [-0.05, 0) is 73.2 Å². The second-order valence-corrected chi connectivity index (χ2v) is 12.1. The molecule has 1 aliphatic heterocycles. The highest BCUT2D eigenvalue weighted by Crippen LogP contribution is 2.51. The smallest absolute Gasteiger partial charge is 0.261 e. The monoisotopic (exact) mass is 536 g/mol. The molecule has 1 aliphatic carbocycles. The molecule has 6 rings (SSSR count). The summed E-state index contributed by atoms with van der Waals surface area (Å²) in [5, 5.41) is 3.73. The molecule has 0 fully saturated rings. The third kappa shape index (κ3) is 5.04. The van der Waals surface area contributed by atoms with Crippen molar-refractivity contribution in [2.24, 2.45) is 5.92 Å². The standard InChI is InChI=1S/C33H32N2O3S/c1-22-15-17-30(23(2)19-22)35-39(36,37)25-16-18-31-29(20-25)26-12-8-13-27(26)33(34-31)28-11-6-7-14-32(28)38-21-24-9-4-3-5-10-24/h3-12,14-20,26-27,33-35H,13,21H2,1-2H3. The molecule has 4 aromatic rings. The van der Waals surface area contributed by atoms with Crippen molar-refractivity contribution in [2.45, 2.75) is 43.7 Å². The normalized spacial score (nSPS) is 19.6. The van der Waals surface area contributed by atoms with Crippen LogP contribution in [-0.4, -0.2) is 8.42 Å². The predicted molar refractivity (Wildman–Crippen MR) is 157 cm³/mol. The Kier molecular flexibility index (Phi) is 6.65. The lowest BCUT2D eigenvalue weighted by atomic mass is 9.77. The first-order chi connectivity index (χ1) is 18.9. The number of hydrogen-bond acceptors (Lipinski definition) is 4. The number of hydrogen-bond donors (Lipinski definition) is 2. The zero-order valence-corrected chi connectivity index (χ0v) is 22.9. The third-order valence-electron chi connectivity index (χ3n) is 7.76. The number of allylic oxidation sites excluding steroid dienone is 2. The number of sulfonamides is 1. The van der Waals surface area contributed by atoms with E-state index >= 15 is 0 Å². The summed E-state index contributed by atoms with van der Waals surface area (Å²) in [6, 6.07) is 29.5. The van der Waals surface area contributed by atoms with Gasteiger partial charge in [-0.15, -0.1) is 0 Å². The maximum absolute atomic E-state index is 13.4. The molecule has 0 saturated carbocycles. The summed E-state index contributed by atoms with van der Waals surface area (Å²) >= 11 is 0. The highest BCUT2D eigenvalue weighted by molar-refractivity contribution is 7.92. The van der Waals surface area contributed by atoms with E-state index < -0.39 is 10.0 Å². The molecule has 0 spiro atoms. The Hall–Kier alpha value is -4.03. The van der Waals surface area contributed by atoms with Gasteiger partial charge in [-0.3, -0.25) is 4.72 Å². The first-order valence-corrected chi connectivity index (χ1v) is 14.8. The molecule has 6 heteroatoms. The molecule has 39 heavy (non-hydrogen) atoms. The minimum Gasteiger partial charge on any atom is -0.489 e. The van der Waals surface area contributed by atoms with E-state index in [0.29, 0.717) is 12.3 Å². The van der Waals surface area contributed by atoms with E-state index in [0.717, 1.165) is 45.7 Å². The number of ether oxygens (including phenoxy) is 1. The summed E-state index contributed by atoms with van der Waals surface area (Å²) in [5.74, 6) is 1.23. The van der Waals surface area contributed by atoms with Gasteiger partial charge in [-0.25, -0.2) is 8.42 Å². The third-order valence-corrected chi connectivity index (χ3v) is 9.13. The zero-order valence-electron chi connectivity index (χ0n) is 22.1. The van der Waals surface area contributed by atoms with E-state index in [1.165, 1.54) is 0 Å².